The predicted molar refractivity (Wildman–Crippen MR) is 55.1 cm³/mol. The molecule has 1 aromatic carbocycles. The Hall–Kier alpha value is -1.87. The fourth-order valence-electron chi connectivity index (χ4n) is 1.26. The Labute approximate surface area is 82.0 Å². The number of hydrogen-bond donors (Lipinski definition) is 2. The smallest absolute Gasteiger partial charge is 0.149 e. The molecule has 0 radical (unpaired) electrons. The van der Waals surface area contributed by atoms with Gasteiger partial charge >= 0.3 is 0 Å². The average Bonchev–Trinajstić information content (AvgIpc) is 2.30. The lowest BCUT2D eigenvalue weighted by Crippen LogP contribution is -1.91. The molecule has 0 amide bonds. The molecule has 0 aliphatic rings. The van der Waals surface area contributed by atoms with Crippen LogP contribution in [0.5, 0.6) is 0 Å². The first kappa shape index (κ1) is 8.72. The zero-order valence-electron chi connectivity index (χ0n) is 7.51. The Bertz CT molecular complexity index is 397. The molecule has 2 N–H and O–H groups in total. The van der Waals surface area contributed by atoms with Crippen LogP contribution in [-0.2, 0) is 0 Å². The molecule has 3 nitrogen and oxygen atoms in total. The minimum atomic E-state index is 0.449. The predicted octanol–water partition coefficient (Wildman–Crippen LogP) is 2.55. The number of benzene rings is 1. The monoisotopic (exact) mass is 186 g/mol. The van der Waals surface area contributed by atoms with Gasteiger partial charge in [0.05, 0.1) is 0 Å². The van der Waals surface area contributed by atoms with Gasteiger partial charge in [0.1, 0.15) is 5.82 Å². The van der Waals surface area contributed by atoms with Gasteiger partial charge < -0.3 is 0 Å². The molecule has 0 saturated heterocycles. The standard InChI is InChI=1S/C11H10N2O/c14-13-11-7-6-10(8-12-11)9-4-2-1-3-5-9/h1-8,14H,(H,12,13). The van der Waals surface area contributed by atoms with Crippen molar-refractivity contribution < 1.29 is 5.21 Å². The van der Waals surface area contributed by atoms with Crippen LogP contribution in [0.3, 0.4) is 0 Å². The number of nitrogens with zero attached hydrogens (tertiary/aromatic N) is 1. The van der Waals surface area contributed by atoms with Crippen molar-refractivity contribution in [3.05, 3.63) is 48.7 Å². The molecule has 1 heterocycles. The summed E-state index contributed by atoms with van der Waals surface area (Å²) < 4.78 is 0. The Morgan fingerprint density at radius 1 is 0.929 bits per heavy atom. The summed E-state index contributed by atoms with van der Waals surface area (Å²) in [5, 5.41) is 8.59. The van der Waals surface area contributed by atoms with Gasteiger partial charge in [-0.3, -0.25) is 10.7 Å². The molecule has 70 valence electrons. The van der Waals surface area contributed by atoms with Crippen LogP contribution in [-0.4, -0.2) is 10.2 Å². The molecule has 0 unspecified atom stereocenters. The van der Waals surface area contributed by atoms with Gasteiger partial charge in [-0.2, -0.15) is 0 Å². The highest BCUT2D eigenvalue weighted by atomic mass is 16.5. The topological polar surface area (TPSA) is 45.1 Å². The first-order chi connectivity index (χ1) is 6.90. The van der Waals surface area contributed by atoms with Crippen LogP contribution in [0.1, 0.15) is 0 Å². The maximum atomic E-state index is 8.59. The fraction of sp³-hybridized carbons (Fsp3) is 0. The second-order valence-electron chi connectivity index (χ2n) is 2.91. The summed E-state index contributed by atoms with van der Waals surface area (Å²) >= 11 is 0. The Morgan fingerprint density at radius 3 is 2.29 bits per heavy atom. The van der Waals surface area contributed by atoms with E-state index in [1.54, 1.807) is 12.3 Å². The fourth-order valence-corrected chi connectivity index (χ4v) is 1.26. The molecule has 0 fully saturated rings. The SMILES string of the molecule is ONc1ccc(-c2ccccc2)cn1. The highest BCUT2D eigenvalue weighted by Gasteiger charge is 1.96. The van der Waals surface area contributed by atoms with Crippen LogP contribution in [0, 0.1) is 0 Å². The largest absolute Gasteiger partial charge is 0.290 e. The third-order valence-corrected chi connectivity index (χ3v) is 1.99. The number of pyridine rings is 1. The molecule has 2 rings (SSSR count). The second-order valence-corrected chi connectivity index (χ2v) is 2.91. The molecular formula is C11H10N2O. The van der Waals surface area contributed by atoms with Crippen LogP contribution >= 0.6 is 0 Å². The van der Waals surface area contributed by atoms with Crippen LogP contribution in [0.25, 0.3) is 11.1 Å². The van der Waals surface area contributed by atoms with Crippen molar-refractivity contribution in [2.75, 3.05) is 5.48 Å². The summed E-state index contributed by atoms with van der Waals surface area (Å²) in [6.07, 6.45) is 1.72. The zero-order chi connectivity index (χ0) is 9.80. The van der Waals surface area contributed by atoms with Gasteiger partial charge in [-0.15, -0.1) is 0 Å². The molecule has 1 aromatic heterocycles. The molecule has 0 spiro atoms. The molecule has 14 heavy (non-hydrogen) atoms. The van der Waals surface area contributed by atoms with E-state index < -0.39 is 0 Å². The van der Waals surface area contributed by atoms with Crippen molar-refractivity contribution in [3.8, 4) is 11.1 Å². The molecule has 0 atom stereocenters. The summed E-state index contributed by atoms with van der Waals surface area (Å²) in [5.41, 5.74) is 4.14. The summed E-state index contributed by atoms with van der Waals surface area (Å²) in [4.78, 5) is 4.01. The first-order valence-electron chi connectivity index (χ1n) is 4.32. The van der Waals surface area contributed by atoms with Crippen molar-refractivity contribution in [2.45, 2.75) is 0 Å². The van der Waals surface area contributed by atoms with Crippen molar-refractivity contribution in [1.29, 1.82) is 0 Å². The van der Waals surface area contributed by atoms with E-state index in [1.807, 2.05) is 41.9 Å². The molecule has 0 aliphatic heterocycles. The van der Waals surface area contributed by atoms with E-state index in [9.17, 15) is 0 Å². The molecule has 0 aliphatic carbocycles. The van der Waals surface area contributed by atoms with Gasteiger partial charge in [-0.1, -0.05) is 30.3 Å². The van der Waals surface area contributed by atoms with Crippen molar-refractivity contribution >= 4 is 5.82 Å². The van der Waals surface area contributed by atoms with E-state index in [-0.39, 0.29) is 0 Å². The maximum absolute atomic E-state index is 8.59. The third kappa shape index (κ3) is 1.72. The van der Waals surface area contributed by atoms with Gasteiger partial charge in [-0.05, 0) is 17.7 Å². The lowest BCUT2D eigenvalue weighted by Gasteiger charge is -2.01. The van der Waals surface area contributed by atoms with Gasteiger partial charge in [0.2, 0.25) is 0 Å². The lowest BCUT2D eigenvalue weighted by molar-refractivity contribution is 0.386. The third-order valence-electron chi connectivity index (χ3n) is 1.99. The molecule has 0 saturated carbocycles. The summed E-state index contributed by atoms with van der Waals surface area (Å²) in [5.74, 6) is 0.449. The van der Waals surface area contributed by atoms with E-state index in [1.165, 1.54) is 0 Å². The van der Waals surface area contributed by atoms with Gasteiger partial charge in [-0.25, -0.2) is 4.98 Å². The minimum absolute atomic E-state index is 0.449. The Morgan fingerprint density at radius 2 is 1.71 bits per heavy atom. The average molecular weight is 186 g/mol. The summed E-state index contributed by atoms with van der Waals surface area (Å²) in [6, 6.07) is 13.6. The molecule has 3 heteroatoms. The van der Waals surface area contributed by atoms with Crippen LogP contribution in [0.4, 0.5) is 5.82 Å². The van der Waals surface area contributed by atoms with E-state index in [0.29, 0.717) is 5.82 Å². The van der Waals surface area contributed by atoms with E-state index in [4.69, 9.17) is 5.21 Å². The summed E-state index contributed by atoms with van der Waals surface area (Å²) in [6.45, 7) is 0. The Balaban J connectivity index is 2.34. The number of rotatable bonds is 2. The number of nitrogens with one attached hydrogen (secondary N) is 1. The number of anilines is 1. The molecular weight excluding hydrogens is 176 g/mol. The van der Waals surface area contributed by atoms with Crippen LogP contribution in [0.2, 0.25) is 0 Å². The van der Waals surface area contributed by atoms with Gasteiger partial charge in [0.25, 0.3) is 0 Å². The highest BCUT2D eigenvalue weighted by Crippen LogP contribution is 2.18. The highest BCUT2D eigenvalue weighted by molar-refractivity contribution is 5.63. The Kier molecular flexibility index (Phi) is 2.42. The first-order valence-corrected chi connectivity index (χ1v) is 4.32. The maximum Gasteiger partial charge on any atom is 0.149 e. The van der Waals surface area contributed by atoms with Crippen LogP contribution in [0.15, 0.2) is 48.7 Å². The zero-order valence-corrected chi connectivity index (χ0v) is 7.51. The minimum Gasteiger partial charge on any atom is -0.290 e. The quantitative estimate of drug-likeness (QED) is 0.708. The van der Waals surface area contributed by atoms with Crippen molar-refractivity contribution in [2.24, 2.45) is 0 Å². The van der Waals surface area contributed by atoms with Gasteiger partial charge in [0.15, 0.2) is 0 Å². The van der Waals surface area contributed by atoms with Gasteiger partial charge in [0, 0.05) is 11.8 Å². The number of aromatic nitrogens is 1. The van der Waals surface area contributed by atoms with Crippen molar-refractivity contribution in [3.63, 3.8) is 0 Å². The van der Waals surface area contributed by atoms with E-state index >= 15 is 0 Å². The van der Waals surface area contributed by atoms with E-state index in [0.717, 1.165) is 11.1 Å². The second kappa shape index (κ2) is 3.89. The summed E-state index contributed by atoms with van der Waals surface area (Å²) in [7, 11) is 0. The molecule has 0 bridgehead atoms. The normalized spacial score (nSPS) is 9.79. The molecule has 2 aromatic rings. The van der Waals surface area contributed by atoms with Crippen molar-refractivity contribution in [1.82, 2.24) is 4.98 Å². The lowest BCUT2D eigenvalue weighted by atomic mass is 10.1. The van der Waals surface area contributed by atoms with Crippen LogP contribution < -0.4 is 5.48 Å². The number of hydrogen-bond acceptors (Lipinski definition) is 3. The van der Waals surface area contributed by atoms with E-state index in [2.05, 4.69) is 4.98 Å².